The summed E-state index contributed by atoms with van der Waals surface area (Å²) >= 11 is 0. The fourth-order valence-electron chi connectivity index (χ4n) is 2.57. The lowest BCUT2D eigenvalue weighted by atomic mass is 10.3. The van der Waals surface area contributed by atoms with E-state index >= 15 is 0 Å². The van der Waals surface area contributed by atoms with Gasteiger partial charge in [-0.3, -0.25) is 9.69 Å². The summed E-state index contributed by atoms with van der Waals surface area (Å²) < 4.78 is 4.78. The summed E-state index contributed by atoms with van der Waals surface area (Å²) in [6.07, 6.45) is 1.26. The zero-order valence-electron chi connectivity index (χ0n) is 11.8. The maximum absolute atomic E-state index is 12.0. The van der Waals surface area contributed by atoms with Crippen LogP contribution in [0.2, 0.25) is 0 Å². The second kappa shape index (κ2) is 6.09. The van der Waals surface area contributed by atoms with Crippen LogP contribution in [0.1, 0.15) is 0 Å². The Morgan fingerprint density at radius 2 is 2.00 bits per heavy atom. The van der Waals surface area contributed by atoms with Crippen molar-refractivity contribution in [2.75, 3.05) is 50.8 Å². The molecule has 112 valence electrons. The lowest BCUT2D eigenvalue weighted by molar-refractivity contribution is -0.129. The van der Waals surface area contributed by atoms with Gasteiger partial charge >= 0.3 is 6.09 Å². The van der Waals surface area contributed by atoms with E-state index in [2.05, 4.69) is 14.8 Å². The van der Waals surface area contributed by atoms with Crippen molar-refractivity contribution in [1.29, 1.82) is 0 Å². The second-order valence-electron chi connectivity index (χ2n) is 5.11. The molecule has 0 bridgehead atoms. The molecule has 0 atom stereocenters. The minimum atomic E-state index is -0.521. The molecule has 0 unspecified atom stereocenters. The summed E-state index contributed by atoms with van der Waals surface area (Å²) in [6.45, 7) is 4.16. The van der Waals surface area contributed by atoms with E-state index < -0.39 is 6.09 Å². The minimum absolute atomic E-state index is 0.177. The van der Waals surface area contributed by atoms with Gasteiger partial charge in [-0.25, -0.2) is 14.7 Å². The largest absolute Gasteiger partial charge is 0.447 e. The van der Waals surface area contributed by atoms with Gasteiger partial charge in [0.1, 0.15) is 12.4 Å². The Balaban J connectivity index is 1.50. The lowest BCUT2D eigenvalue weighted by Gasteiger charge is -2.35. The second-order valence-corrected chi connectivity index (χ2v) is 5.11. The van der Waals surface area contributed by atoms with E-state index in [0.29, 0.717) is 13.2 Å². The van der Waals surface area contributed by atoms with Crippen molar-refractivity contribution in [3.63, 3.8) is 0 Å². The number of amides is 2. The highest BCUT2D eigenvalue weighted by Crippen LogP contribution is 2.13. The van der Waals surface area contributed by atoms with Gasteiger partial charge in [0, 0.05) is 32.4 Å². The highest BCUT2D eigenvalue weighted by molar-refractivity contribution is 5.94. The SMILES string of the molecule is O=C(CN1CCN(c2ccccn2)CC1)N1CCOC1=O. The Hall–Kier alpha value is -2.15. The molecule has 7 heteroatoms. The third kappa shape index (κ3) is 3.13. The number of pyridine rings is 1. The van der Waals surface area contributed by atoms with E-state index in [1.807, 2.05) is 18.2 Å². The van der Waals surface area contributed by atoms with Gasteiger partial charge < -0.3 is 9.64 Å². The number of hydrogen-bond donors (Lipinski definition) is 0. The van der Waals surface area contributed by atoms with E-state index in [1.54, 1.807) is 6.20 Å². The number of rotatable bonds is 3. The number of piperazine rings is 1. The Labute approximate surface area is 123 Å². The molecule has 0 aliphatic carbocycles. The van der Waals surface area contributed by atoms with Crippen LogP contribution < -0.4 is 4.90 Å². The molecular formula is C14H18N4O3. The highest BCUT2D eigenvalue weighted by Gasteiger charge is 2.30. The van der Waals surface area contributed by atoms with Crippen LogP contribution in [0.5, 0.6) is 0 Å². The summed E-state index contributed by atoms with van der Waals surface area (Å²) in [4.78, 5) is 33.2. The molecule has 2 saturated heterocycles. The van der Waals surface area contributed by atoms with Crippen molar-refractivity contribution in [2.24, 2.45) is 0 Å². The van der Waals surface area contributed by atoms with Crippen LogP contribution in [0.4, 0.5) is 10.6 Å². The van der Waals surface area contributed by atoms with E-state index in [-0.39, 0.29) is 12.5 Å². The van der Waals surface area contributed by atoms with E-state index in [0.717, 1.165) is 32.0 Å². The molecular weight excluding hydrogens is 272 g/mol. The number of aromatic nitrogens is 1. The van der Waals surface area contributed by atoms with Crippen LogP contribution in [-0.4, -0.2) is 72.7 Å². The number of carbonyl (C=O) groups is 2. The van der Waals surface area contributed by atoms with Crippen LogP contribution in [0.25, 0.3) is 0 Å². The predicted molar refractivity (Wildman–Crippen MR) is 76.0 cm³/mol. The molecule has 1 aromatic rings. The van der Waals surface area contributed by atoms with Crippen LogP contribution in [-0.2, 0) is 9.53 Å². The van der Waals surface area contributed by atoms with Gasteiger partial charge in [-0.15, -0.1) is 0 Å². The predicted octanol–water partition coefficient (Wildman–Crippen LogP) is 0.182. The summed E-state index contributed by atoms with van der Waals surface area (Å²) in [5, 5.41) is 0. The normalized spacial score (nSPS) is 19.7. The van der Waals surface area contributed by atoms with E-state index in [4.69, 9.17) is 4.74 Å². The maximum atomic E-state index is 12.0. The molecule has 0 spiro atoms. The molecule has 0 saturated carbocycles. The maximum Gasteiger partial charge on any atom is 0.416 e. The van der Waals surface area contributed by atoms with Crippen molar-refractivity contribution in [3.05, 3.63) is 24.4 Å². The molecule has 2 amide bonds. The number of nitrogens with zero attached hydrogens (tertiary/aromatic N) is 4. The number of carbonyl (C=O) groups excluding carboxylic acids is 2. The first kappa shape index (κ1) is 13.8. The van der Waals surface area contributed by atoms with Gasteiger partial charge in [-0.05, 0) is 12.1 Å². The van der Waals surface area contributed by atoms with Crippen molar-refractivity contribution in [2.45, 2.75) is 0 Å². The molecule has 21 heavy (non-hydrogen) atoms. The van der Waals surface area contributed by atoms with Crippen LogP contribution in [0.15, 0.2) is 24.4 Å². The van der Waals surface area contributed by atoms with Crippen molar-refractivity contribution in [1.82, 2.24) is 14.8 Å². The molecule has 0 aromatic carbocycles. The van der Waals surface area contributed by atoms with Crippen LogP contribution >= 0.6 is 0 Å². The molecule has 7 nitrogen and oxygen atoms in total. The average Bonchev–Trinajstić information content (AvgIpc) is 2.95. The minimum Gasteiger partial charge on any atom is -0.447 e. The van der Waals surface area contributed by atoms with Gasteiger partial charge in [-0.1, -0.05) is 6.07 Å². The topological polar surface area (TPSA) is 66.0 Å². The smallest absolute Gasteiger partial charge is 0.416 e. The van der Waals surface area contributed by atoms with Crippen molar-refractivity contribution < 1.29 is 14.3 Å². The summed E-state index contributed by atoms with van der Waals surface area (Å²) in [6, 6.07) is 5.85. The molecule has 3 heterocycles. The monoisotopic (exact) mass is 290 g/mol. The Morgan fingerprint density at radius 3 is 2.62 bits per heavy atom. The third-order valence-corrected chi connectivity index (χ3v) is 3.77. The lowest BCUT2D eigenvalue weighted by Crippen LogP contribution is -2.50. The zero-order chi connectivity index (χ0) is 14.7. The molecule has 3 rings (SSSR count). The number of imide groups is 1. The molecule has 1 aromatic heterocycles. The Bertz CT molecular complexity index is 514. The summed E-state index contributed by atoms with van der Waals surface area (Å²) in [7, 11) is 0. The summed E-state index contributed by atoms with van der Waals surface area (Å²) in [5.41, 5.74) is 0. The molecule has 0 radical (unpaired) electrons. The number of anilines is 1. The Morgan fingerprint density at radius 1 is 1.19 bits per heavy atom. The number of cyclic esters (lactones) is 1. The molecule has 0 N–H and O–H groups in total. The first-order chi connectivity index (χ1) is 10.2. The van der Waals surface area contributed by atoms with Gasteiger partial charge in [0.25, 0.3) is 0 Å². The van der Waals surface area contributed by atoms with E-state index in [1.165, 1.54) is 4.90 Å². The molecule has 2 aliphatic rings. The Kier molecular flexibility index (Phi) is 4.01. The fourth-order valence-corrected chi connectivity index (χ4v) is 2.57. The van der Waals surface area contributed by atoms with Gasteiger partial charge in [-0.2, -0.15) is 0 Å². The number of ether oxygens (including phenoxy) is 1. The highest BCUT2D eigenvalue weighted by atomic mass is 16.6. The van der Waals surface area contributed by atoms with Gasteiger partial charge in [0.05, 0.1) is 13.1 Å². The van der Waals surface area contributed by atoms with Gasteiger partial charge in [0.2, 0.25) is 5.91 Å². The standard InChI is InChI=1S/C14H18N4O3/c19-13(18-9-10-21-14(18)20)11-16-5-7-17(8-6-16)12-3-1-2-4-15-12/h1-4H,5-11H2. The fraction of sp³-hybridized carbons (Fsp3) is 0.500. The first-order valence-electron chi connectivity index (χ1n) is 7.09. The third-order valence-electron chi connectivity index (χ3n) is 3.77. The number of hydrogen-bond acceptors (Lipinski definition) is 6. The van der Waals surface area contributed by atoms with Crippen molar-refractivity contribution in [3.8, 4) is 0 Å². The molecule has 2 fully saturated rings. The molecule has 2 aliphatic heterocycles. The average molecular weight is 290 g/mol. The zero-order valence-corrected chi connectivity index (χ0v) is 11.8. The van der Waals surface area contributed by atoms with Crippen LogP contribution in [0, 0.1) is 0 Å². The van der Waals surface area contributed by atoms with Crippen LogP contribution in [0.3, 0.4) is 0 Å². The summed E-state index contributed by atoms with van der Waals surface area (Å²) in [5.74, 6) is 0.787. The van der Waals surface area contributed by atoms with Gasteiger partial charge in [0.15, 0.2) is 0 Å². The van der Waals surface area contributed by atoms with Crippen molar-refractivity contribution >= 4 is 17.8 Å². The van der Waals surface area contributed by atoms with E-state index in [9.17, 15) is 9.59 Å². The first-order valence-corrected chi connectivity index (χ1v) is 7.09. The quantitative estimate of drug-likeness (QED) is 0.791.